The number of hydrogen-bond acceptors (Lipinski definition) is 6. The Morgan fingerprint density at radius 3 is 2.67 bits per heavy atom. The van der Waals surface area contributed by atoms with Crippen LogP contribution in [0.2, 0.25) is 5.02 Å². The minimum Gasteiger partial charge on any atom is -0.760 e. The summed E-state index contributed by atoms with van der Waals surface area (Å²) in [5.41, 5.74) is 3.08. The van der Waals surface area contributed by atoms with Crippen LogP contribution >= 0.6 is 11.6 Å². The number of carbonyl (C=O) groups excluding carboxylic acids is 1. The molecule has 168 valence electrons. The smallest absolute Gasteiger partial charge is 0.197 e. The molecule has 0 fully saturated rings. The molecule has 0 spiro atoms. The summed E-state index contributed by atoms with van der Waals surface area (Å²) in [4.78, 5) is 26.1. The average Bonchev–Trinajstić information content (AvgIpc) is 2.82. The fraction of sp³-hybridized carbons (Fsp3) is 0.130. The van der Waals surface area contributed by atoms with E-state index in [0.717, 1.165) is 5.56 Å². The molecule has 0 saturated heterocycles. The second-order valence-electron chi connectivity index (χ2n) is 7.15. The molecule has 2 heterocycles. The number of hydrogen-bond donors (Lipinski definition) is 1. The van der Waals surface area contributed by atoms with Crippen molar-refractivity contribution in [2.24, 2.45) is 0 Å². The van der Waals surface area contributed by atoms with Crippen LogP contribution in [0.3, 0.4) is 0 Å². The van der Waals surface area contributed by atoms with Crippen LogP contribution in [0.1, 0.15) is 27.9 Å². The van der Waals surface area contributed by atoms with Crippen LogP contribution in [0, 0.1) is 5.82 Å². The summed E-state index contributed by atoms with van der Waals surface area (Å²) in [6, 6.07) is 11.1. The number of nitrogens with one attached hydrogen (secondary N) is 1. The molecule has 4 aromatic rings. The van der Waals surface area contributed by atoms with Gasteiger partial charge in [-0.3, -0.25) is 19.0 Å². The number of nitrogens with zero attached hydrogens (tertiary/aromatic N) is 3. The molecule has 33 heavy (non-hydrogen) atoms. The molecule has 1 N–H and O–H groups in total. The van der Waals surface area contributed by atoms with E-state index >= 15 is 0 Å². The first-order valence-electron chi connectivity index (χ1n) is 9.95. The summed E-state index contributed by atoms with van der Waals surface area (Å²) in [7, 11) is 0. The maximum absolute atomic E-state index is 14.6. The van der Waals surface area contributed by atoms with Crippen molar-refractivity contribution >= 4 is 39.7 Å². The van der Waals surface area contributed by atoms with Gasteiger partial charge in [-0.2, -0.15) is 0 Å². The summed E-state index contributed by atoms with van der Waals surface area (Å²) in [5.74, 6) is -1.31. The fourth-order valence-electron chi connectivity index (χ4n) is 3.39. The first kappa shape index (κ1) is 23.1. The van der Waals surface area contributed by atoms with Crippen LogP contribution in [0.4, 0.5) is 4.39 Å². The maximum Gasteiger partial charge on any atom is 0.197 e. The second kappa shape index (κ2) is 10.2. The quantitative estimate of drug-likeness (QED) is 0.230. The highest BCUT2D eigenvalue weighted by Gasteiger charge is 2.21. The van der Waals surface area contributed by atoms with Crippen molar-refractivity contribution in [2.75, 3.05) is 6.54 Å². The number of carbonyl (C=O) groups is 1. The minimum absolute atomic E-state index is 0.0139. The zero-order valence-electron chi connectivity index (χ0n) is 17.1. The molecule has 2 aromatic carbocycles. The molecule has 1 atom stereocenters. The van der Waals surface area contributed by atoms with Gasteiger partial charge in [-0.15, -0.1) is 0 Å². The van der Waals surface area contributed by atoms with Gasteiger partial charge in [0.05, 0.1) is 33.5 Å². The third-order valence-electron chi connectivity index (χ3n) is 5.02. The van der Waals surface area contributed by atoms with Gasteiger partial charge in [0.1, 0.15) is 5.82 Å². The van der Waals surface area contributed by atoms with Crippen LogP contribution in [-0.2, 0) is 17.7 Å². The third kappa shape index (κ3) is 5.28. The largest absolute Gasteiger partial charge is 0.760 e. The van der Waals surface area contributed by atoms with E-state index in [1.807, 2.05) is 0 Å². The van der Waals surface area contributed by atoms with Crippen molar-refractivity contribution in [2.45, 2.75) is 12.8 Å². The summed E-state index contributed by atoms with van der Waals surface area (Å²) in [6.45, 7) is 0.205. The maximum atomic E-state index is 14.6. The van der Waals surface area contributed by atoms with E-state index in [9.17, 15) is 17.9 Å². The number of aryl methyl sites for hydroxylation is 1. The van der Waals surface area contributed by atoms with Crippen molar-refractivity contribution < 1.29 is 17.9 Å². The van der Waals surface area contributed by atoms with Crippen molar-refractivity contribution in [3.63, 3.8) is 0 Å². The Labute approximate surface area is 196 Å². The molecule has 2 aromatic heterocycles. The van der Waals surface area contributed by atoms with E-state index in [1.165, 1.54) is 12.1 Å². The zero-order valence-corrected chi connectivity index (χ0v) is 18.7. The number of pyridine rings is 1. The minimum atomic E-state index is -2.36. The van der Waals surface area contributed by atoms with Crippen LogP contribution < -0.4 is 4.72 Å². The number of fused-ring (bicyclic) bond motifs is 1. The van der Waals surface area contributed by atoms with Gasteiger partial charge in [0.2, 0.25) is 0 Å². The van der Waals surface area contributed by atoms with Gasteiger partial charge in [0.15, 0.2) is 5.78 Å². The normalized spacial score (nSPS) is 12.1. The second-order valence-corrected chi connectivity index (χ2v) is 8.29. The summed E-state index contributed by atoms with van der Waals surface area (Å²) in [6.07, 6.45) is 5.75. The predicted octanol–water partition coefficient (Wildman–Crippen LogP) is 4.03. The van der Waals surface area contributed by atoms with E-state index in [2.05, 4.69) is 19.7 Å². The fourth-order valence-corrected chi connectivity index (χ4v) is 4.03. The molecule has 0 aliphatic heterocycles. The predicted molar refractivity (Wildman–Crippen MR) is 123 cm³/mol. The Kier molecular flexibility index (Phi) is 7.14. The molecule has 7 nitrogen and oxygen atoms in total. The molecule has 0 bridgehead atoms. The molecular formula is C23H17ClFN4O3S-. The SMILES string of the molecule is O=C(c1ccc2ncc(-c3ccncc3)nc2c1)c1c(F)ccc(CCCNS(=O)[O-])c1Cl. The highest BCUT2D eigenvalue weighted by atomic mass is 35.5. The van der Waals surface area contributed by atoms with E-state index in [0.29, 0.717) is 35.1 Å². The molecular weight excluding hydrogens is 467 g/mol. The molecule has 0 amide bonds. The first-order valence-corrected chi connectivity index (χ1v) is 11.4. The Hall–Kier alpha value is -3.11. The number of rotatable bonds is 8. The monoisotopic (exact) mass is 483 g/mol. The van der Waals surface area contributed by atoms with Gasteiger partial charge in [0.25, 0.3) is 0 Å². The van der Waals surface area contributed by atoms with E-state index in [1.54, 1.807) is 48.9 Å². The topological polar surface area (TPSA) is 108 Å². The molecule has 1 unspecified atom stereocenters. The van der Waals surface area contributed by atoms with Crippen molar-refractivity contribution in [3.05, 3.63) is 88.6 Å². The lowest BCUT2D eigenvalue weighted by atomic mass is 9.98. The van der Waals surface area contributed by atoms with Crippen molar-refractivity contribution in [1.82, 2.24) is 19.7 Å². The highest BCUT2D eigenvalue weighted by Crippen LogP contribution is 2.28. The van der Waals surface area contributed by atoms with Crippen LogP contribution in [0.5, 0.6) is 0 Å². The molecule has 0 aliphatic rings. The molecule has 0 radical (unpaired) electrons. The summed E-state index contributed by atoms with van der Waals surface area (Å²) in [5, 5.41) is 0.0139. The third-order valence-corrected chi connectivity index (χ3v) is 5.89. The number of halogens is 2. The van der Waals surface area contributed by atoms with Crippen molar-refractivity contribution in [3.8, 4) is 11.3 Å². The van der Waals surface area contributed by atoms with E-state index in [-0.39, 0.29) is 22.7 Å². The lowest BCUT2D eigenvalue weighted by molar-refractivity contribution is 0.103. The van der Waals surface area contributed by atoms with Crippen molar-refractivity contribution in [1.29, 1.82) is 0 Å². The Bertz CT molecular complexity index is 1350. The number of benzene rings is 2. The van der Waals surface area contributed by atoms with E-state index in [4.69, 9.17) is 11.6 Å². The zero-order chi connectivity index (χ0) is 23.4. The van der Waals surface area contributed by atoms with Gasteiger partial charge in [-0.25, -0.2) is 14.1 Å². The summed E-state index contributed by atoms with van der Waals surface area (Å²) < 4.78 is 38.0. The highest BCUT2D eigenvalue weighted by molar-refractivity contribution is 7.77. The van der Waals surface area contributed by atoms with Gasteiger partial charge in [-0.1, -0.05) is 17.7 Å². The first-order chi connectivity index (χ1) is 15.9. The van der Waals surface area contributed by atoms with Gasteiger partial charge in [-0.05, 0) is 54.8 Å². The lowest BCUT2D eigenvalue weighted by Gasteiger charge is -2.12. The average molecular weight is 484 g/mol. The van der Waals surface area contributed by atoms with Crippen LogP contribution in [0.25, 0.3) is 22.3 Å². The standard InChI is InChI=1S/C23H18ClFN4O3S/c24-22-15(2-1-9-28-33(31)32)3-5-17(25)21(22)23(30)16-4-6-18-19(12-16)29-20(13-27-18)14-7-10-26-11-8-14/h3-8,10-13,28H,1-2,9H2,(H,31,32)/p-1. The molecule has 0 saturated carbocycles. The van der Waals surface area contributed by atoms with Crippen LogP contribution in [-0.4, -0.2) is 36.0 Å². The molecule has 10 heteroatoms. The number of aromatic nitrogens is 3. The van der Waals surface area contributed by atoms with Gasteiger partial charge >= 0.3 is 0 Å². The summed E-state index contributed by atoms with van der Waals surface area (Å²) >= 11 is 4.03. The Morgan fingerprint density at radius 2 is 1.91 bits per heavy atom. The van der Waals surface area contributed by atoms with Gasteiger partial charge in [0, 0.05) is 41.3 Å². The van der Waals surface area contributed by atoms with E-state index < -0.39 is 22.9 Å². The van der Waals surface area contributed by atoms with Gasteiger partial charge < -0.3 is 4.55 Å². The van der Waals surface area contributed by atoms with Crippen LogP contribution in [0.15, 0.2) is 61.1 Å². The Morgan fingerprint density at radius 1 is 1.12 bits per heavy atom. The lowest BCUT2D eigenvalue weighted by Crippen LogP contribution is -2.18. The molecule has 4 rings (SSSR count). The number of ketones is 1. The Balaban J connectivity index is 1.65. The molecule has 0 aliphatic carbocycles.